The molecule has 2 aliphatic rings. The zero-order chi connectivity index (χ0) is 17.1. The first-order valence-electron chi connectivity index (χ1n) is 9.04. The fourth-order valence-electron chi connectivity index (χ4n) is 2.86. The second-order valence-corrected chi connectivity index (χ2v) is 9.80. The first-order valence-corrected chi connectivity index (χ1v) is 9.04. The maximum atomic E-state index is 5.93. The average Bonchev–Trinajstić information content (AvgIpc) is 2.45. The fourth-order valence-corrected chi connectivity index (χ4v) is 2.86. The summed E-state index contributed by atoms with van der Waals surface area (Å²) in [5.74, 6) is 0. The van der Waals surface area contributed by atoms with E-state index in [1.54, 1.807) is 0 Å². The highest BCUT2D eigenvalue weighted by atomic mass is 16.7. The van der Waals surface area contributed by atoms with Gasteiger partial charge in [-0.3, -0.25) is 0 Å². The van der Waals surface area contributed by atoms with Crippen LogP contribution in [0.5, 0.6) is 0 Å². The molecule has 0 aromatic carbocycles. The molecule has 2 fully saturated rings. The molecule has 1 spiro atoms. The van der Waals surface area contributed by atoms with Crippen LogP contribution in [0.2, 0.25) is 0 Å². The predicted octanol–water partition coefficient (Wildman–Crippen LogP) is 4.37. The van der Waals surface area contributed by atoms with E-state index in [0.717, 1.165) is 25.7 Å². The zero-order valence-electron chi connectivity index (χ0n) is 15.9. The van der Waals surface area contributed by atoms with Crippen molar-refractivity contribution in [3.8, 4) is 0 Å². The van der Waals surface area contributed by atoms with E-state index in [1.807, 2.05) is 0 Å². The van der Waals surface area contributed by atoms with Gasteiger partial charge in [-0.25, -0.2) is 0 Å². The molecular formula is C19H36O4. The molecule has 2 rings (SSSR count). The average molecular weight is 328 g/mol. The van der Waals surface area contributed by atoms with Crippen molar-refractivity contribution >= 4 is 0 Å². The molecule has 2 aliphatic heterocycles. The SMILES string of the molecule is CC(C)(C)CCC1OCC2(CO1)COC(CCC(C)(C)C)OC2. The maximum absolute atomic E-state index is 5.93. The van der Waals surface area contributed by atoms with Gasteiger partial charge in [0, 0.05) is 0 Å². The third-order valence-corrected chi connectivity index (χ3v) is 4.56. The summed E-state index contributed by atoms with van der Waals surface area (Å²) in [5, 5.41) is 0. The molecule has 0 unspecified atom stereocenters. The molecule has 0 aliphatic carbocycles. The second kappa shape index (κ2) is 7.38. The summed E-state index contributed by atoms with van der Waals surface area (Å²) >= 11 is 0. The van der Waals surface area contributed by atoms with Gasteiger partial charge in [0.2, 0.25) is 0 Å². The molecule has 0 aromatic heterocycles. The van der Waals surface area contributed by atoms with Crippen molar-refractivity contribution in [2.24, 2.45) is 16.2 Å². The van der Waals surface area contributed by atoms with Crippen molar-refractivity contribution in [2.45, 2.75) is 79.8 Å². The lowest BCUT2D eigenvalue weighted by Crippen LogP contribution is -2.52. The van der Waals surface area contributed by atoms with Crippen LogP contribution in [0.1, 0.15) is 67.2 Å². The number of hydrogen-bond donors (Lipinski definition) is 0. The van der Waals surface area contributed by atoms with Gasteiger partial charge in [0.1, 0.15) is 0 Å². The molecule has 136 valence electrons. The molecule has 0 radical (unpaired) electrons. The molecule has 0 atom stereocenters. The zero-order valence-corrected chi connectivity index (χ0v) is 15.9. The van der Waals surface area contributed by atoms with E-state index in [9.17, 15) is 0 Å². The van der Waals surface area contributed by atoms with Crippen molar-refractivity contribution in [3.05, 3.63) is 0 Å². The van der Waals surface area contributed by atoms with Crippen molar-refractivity contribution in [1.82, 2.24) is 0 Å². The lowest BCUT2D eigenvalue weighted by molar-refractivity contribution is -0.305. The van der Waals surface area contributed by atoms with Crippen LogP contribution < -0.4 is 0 Å². The van der Waals surface area contributed by atoms with Crippen LogP contribution in [0.3, 0.4) is 0 Å². The van der Waals surface area contributed by atoms with Crippen LogP contribution in [0, 0.1) is 16.2 Å². The Kier molecular flexibility index (Phi) is 6.15. The van der Waals surface area contributed by atoms with Gasteiger partial charge >= 0.3 is 0 Å². The van der Waals surface area contributed by atoms with Gasteiger partial charge in [-0.05, 0) is 36.5 Å². The van der Waals surface area contributed by atoms with E-state index >= 15 is 0 Å². The molecule has 4 heteroatoms. The number of ether oxygens (including phenoxy) is 4. The lowest BCUT2D eigenvalue weighted by atomic mass is 9.88. The van der Waals surface area contributed by atoms with Gasteiger partial charge in [0.25, 0.3) is 0 Å². The van der Waals surface area contributed by atoms with Crippen LogP contribution in [0.4, 0.5) is 0 Å². The first kappa shape index (κ1) is 19.2. The molecule has 23 heavy (non-hydrogen) atoms. The van der Waals surface area contributed by atoms with E-state index in [2.05, 4.69) is 41.5 Å². The van der Waals surface area contributed by atoms with Crippen LogP contribution in [-0.4, -0.2) is 39.0 Å². The Bertz CT molecular complexity index is 311. The van der Waals surface area contributed by atoms with E-state index in [-0.39, 0.29) is 18.0 Å². The fraction of sp³-hybridized carbons (Fsp3) is 1.00. The van der Waals surface area contributed by atoms with Gasteiger partial charge in [0.15, 0.2) is 12.6 Å². The third-order valence-electron chi connectivity index (χ3n) is 4.56. The standard InChI is InChI=1S/C19H36O4/c1-17(2,3)9-7-15-20-11-19(12-21-15)13-22-16(23-14-19)8-10-18(4,5)6/h15-16H,7-14H2,1-6H3. The highest BCUT2D eigenvalue weighted by molar-refractivity contribution is 4.84. The van der Waals surface area contributed by atoms with Crippen molar-refractivity contribution < 1.29 is 18.9 Å². The topological polar surface area (TPSA) is 36.9 Å². The second-order valence-electron chi connectivity index (χ2n) is 9.80. The van der Waals surface area contributed by atoms with Crippen LogP contribution in [0.15, 0.2) is 0 Å². The van der Waals surface area contributed by atoms with Crippen molar-refractivity contribution in [3.63, 3.8) is 0 Å². The molecule has 0 saturated carbocycles. The highest BCUT2D eigenvalue weighted by Crippen LogP contribution is 2.34. The summed E-state index contributed by atoms with van der Waals surface area (Å²) in [6, 6.07) is 0. The summed E-state index contributed by atoms with van der Waals surface area (Å²) < 4.78 is 23.7. The predicted molar refractivity (Wildman–Crippen MR) is 91.2 cm³/mol. The monoisotopic (exact) mass is 328 g/mol. The van der Waals surface area contributed by atoms with Crippen molar-refractivity contribution in [2.75, 3.05) is 26.4 Å². The summed E-state index contributed by atoms with van der Waals surface area (Å²) in [5.41, 5.74) is 0.523. The van der Waals surface area contributed by atoms with E-state index in [4.69, 9.17) is 18.9 Å². The molecule has 0 N–H and O–H groups in total. The maximum Gasteiger partial charge on any atom is 0.157 e. The molecule has 0 aromatic rings. The third kappa shape index (κ3) is 6.69. The molecule has 2 heterocycles. The minimum Gasteiger partial charge on any atom is -0.352 e. The summed E-state index contributed by atoms with van der Waals surface area (Å²) in [6.45, 7) is 16.2. The minimum absolute atomic E-state index is 0.0709. The summed E-state index contributed by atoms with van der Waals surface area (Å²) in [6.07, 6.45) is 3.97. The van der Waals surface area contributed by atoms with E-state index < -0.39 is 0 Å². The molecule has 0 bridgehead atoms. The molecular weight excluding hydrogens is 292 g/mol. The molecule has 0 amide bonds. The molecule has 2 saturated heterocycles. The van der Waals surface area contributed by atoms with Crippen LogP contribution in [0.25, 0.3) is 0 Å². The van der Waals surface area contributed by atoms with Gasteiger partial charge < -0.3 is 18.9 Å². The van der Waals surface area contributed by atoms with Gasteiger partial charge in [-0.2, -0.15) is 0 Å². The van der Waals surface area contributed by atoms with E-state index in [0.29, 0.717) is 37.3 Å². The minimum atomic E-state index is -0.115. The molecule has 4 nitrogen and oxygen atoms in total. The summed E-state index contributed by atoms with van der Waals surface area (Å²) in [4.78, 5) is 0. The quantitative estimate of drug-likeness (QED) is 0.768. The first-order chi connectivity index (χ1) is 10.6. The van der Waals surface area contributed by atoms with Gasteiger partial charge in [-0.15, -0.1) is 0 Å². The highest BCUT2D eigenvalue weighted by Gasteiger charge is 2.42. The Morgan fingerprint density at radius 2 is 0.957 bits per heavy atom. The largest absolute Gasteiger partial charge is 0.352 e. The van der Waals surface area contributed by atoms with E-state index in [1.165, 1.54) is 0 Å². The van der Waals surface area contributed by atoms with Crippen molar-refractivity contribution in [1.29, 1.82) is 0 Å². The van der Waals surface area contributed by atoms with Crippen LogP contribution >= 0.6 is 0 Å². The Balaban J connectivity index is 1.69. The lowest BCUT2D eigenvalue weighted by Gasteiger charge is -2.44. The Morgan fingerprint density at radius 1 is 0.652 bits per heavy atom. The van der Waals surface area contributed by atoms with Gasteiger partial charge in [-0.1, -0.05) is 41.5 Å². The Morgan fingerprint density at radius 3 is 1.22 bits per heavy atom. The number of hydrogen-bond acceptors (Lipinski definition) is 4. The van der Waals surface area contributed by atoms with Gasteiger partial charge in [0.05, 0.1) is 31.8 Å². The van der Waals surface area contributed by atoms with Crippen LogP contribution in [-0.2, 0) is 18.9 Å². The Hall–Kier alpha value is -0.160. The number of rotatable bonds is 4. The Labute approximate surface area is 142 Å². The smallest absolute Gasteiger partial charge is 0.157 e. The summed E-state index contributed by atoms with van der Waals surface area (Å²) in [7, 11) is 0. The normalized spacial score (nSPS) is 33.1.